The average molecular weight is 366 g/mol. The maximum atomic E-state index is 12.4. The molecule has 1 amide bonds. The van der Waals surface area contributed by atoms with Gasteiger partial charge >= 0.3 is 12.1 Å². The quantitative estimate of drug-likeness (QED) is 0.749. The number of halogens is 1. The van der Waals surface area contributed by atoms with Gasteiger partial charge in [0.1, 0.15) is 5.60 Å². The van der Waals surface area contributed by atoms with Crippen molar-refractivity contribution >= 4 is 29.2 Å². The Kier molecular flexibility index (Phi) is 6.11. The van der Waals surface area contributed by atoms with Crippen molar-refractivity contribution in [1.82, 2.24) is 4.90 Å². The van der Waals surface area contributed by atoms with E-state index in [1.54, 1.807) is 24.0 Å². The molecule has 0 saturated carbocycles. The number of nitrogens with zero attached hydrogens (tertiary/aromatic N) is 1. The summed E-state index contributed by atoms with van der Waals surface area (Å²) in [4.78, 5) is 26.3. The molecule has 0 fully saturated rings. The van der Waals surface area contributed by atoms with Crippen molar-refractivity contribution in [3.8, 4) is 0 Å². The topological polar surface area (TPSA) is 55.8 Å². The molecule has 0 atom stereocenters. The minimum atomic E-state index is -0.567. The minimum absolute atomic E-state index is 0.296. The minimum Gasteiger partial charge on any atom is -0.463 e. The third kappa shape index (κ3) is 5.23. The van der Waals surface area contributed by atoms with Crippen molar-refractivity contribution in [2.24, 2.45) is 0 Å². The van der Waals surface area contributed by atoms with Crippen LogP contribution in [0.5, 0.6) is 0 Å². The van der Waals surface area contributed by atoms with E-state index in [9.17, 15) is 9.59 Å². The first kappa shape index (κ1) is 19.3. The van der Waals surface area contributed by atoms with Crippen LogP contribution in [0.1, 0.15) is 39.7 Å². The Morgan fingerprint density at radius 2 is 1.84 bits per heavy atom. The summed E-state index contributed by atoms with van der Waals surface area (Å²) in [5.41, 5.74) is 1.65. The fourth-order valence-corrected chi connectivity index (χ4v) is 2.73. The van der Waals surface area contributed by atoms with Gasteiger partial charge in [-0.3, -0.25) is 0 Å². The van der Waals surface area contributed by atoms with Crippen molar-refractivity contribution in [3.63, 3.8) is 0 Å². The SMILES string of the molecule is CCOC(=O)C1=C(c2ccc(Cl)cc2)CN(C(=O)OC(C)(C)C)CC1. The van der Waals surface area contributed by atoms with Gasteiger partial charge in [0.15, 0.2) is 0 Å². The molecule has 1 aliphatic heterocycles. The van der Waals surface area contributed by atoms with Gasteiger partial charge in [0.2, 0.25) is 0 Å². The van der Waals surface area contributed by atoms with Crippen LogP contribution in [0, 0.1) is 0 Å². The highest BCUT2D eigenvalue weighted by molar-refractivity contribution is 6.30. The number of hydrogen-bond donors (Lipinski definition) is 0. The Morgan fingerprint density at radius 1 is 1.20 bits per heavy atom. The lowest BCUT2D eigenvalue weighted by molar-refractivity contribution is -0.138. The molecule has 5 nitrogen and oxygen atoms in total. The van der Waals surface area contributed by atoms with Gasteiger partial charge in [-0.05, 0) is 57.4 Å². The van der Waals surface area contributed by atoms with Crippen molar-refractivity contribution in [2.45, 2.75) is 39.7 Å². The number of hydrogen-bond acceptors (Lipinski definition) is 4. The van der Waals surface area contributed by atoms with E-state index in [2.05, 4.69) is 0 Å². The number of benzene rings is 1. The van der Waals surface area contributed by atoms with E-state index in [-0.39, 0.29) is 12.1 Å². The highest BCUT2D eigenvalue weighted by Gasteiger charge is 2.30. The smallest absolute Gasteiger partial charge is 0.410 e. The summed E-state index contributed by atoms with van der Waals surface area (Å²) in [6.45, 7) is 8.28. The maximum Gasteiger partial charge on any atom is 0.410 e. The van der Waals surface area contributed by atoms with E-state index in [1.807, 2.05) is 32.9 Å². The highest BCUT2D eigenvalue weighted by Crippen LogP contribution is 2.29. The summed E-state index contributed by atoms with van der Waals surface area (Å²) in [7, 11) is 0. The van der Waals surface area contributed by atoms with Crippen LogP contribution in [0.4, 0.5) is 4.79 Å². The number of carbonyl (C=O) groups is 2. The number of carbonyl (C=O) groups excluding carboxylic acids is 2. The van der Waals surface area contributed by atoms with Gasteiger partial charge in [-0.1, -0.05) is 23.7 Å². The lowest BCUT2D eigenvalue weighted by Gasteiger charge is -2.32. The molecule has 0 saturated heterocycles. The van der Waals surface area contributed by atoms with Crippen LogP contribution >= 0.6 is 11.6 Å². The van der Waals surface area contributed by atoms with Crippen molar-refractivity contribution in [2.75, 3.05) is 19.7 Å². The second-order valence-electron chi connectivity index (χ2n) is 6.84. The van der Waals surface area contributed by atoms with Gasteiger partial charge in [-0.2, -0.15) is 0 Å². The first-order chi connectivity index (χ1) is 11.7. The molecular weight excluding hydrogens is 342 g/mol. The number of ether oxygens (including phenoxy) is 2. The summed E-state index contributed by atoms with van der Waals surface area (Å²) >= 11 is 5.96. The lowest BCUT2D eigenvalue weighted by atomic mass is 9.94. The predicted molar refractivity (Wildman–Crippen MR) is 97.4 cm³/mol. The summed E-state index contributed by atoms with van der Waals surface area (Å²) in [6, 6.07) is 7.21. The zero-order valence-electron chi connectivity index (χ0n) is 15.1. The summed E-state index contributed by atoms with van der Waals surface area (Å²) < 4.78 is 10.6. The van der Waals surface area contributed by atoms with Crippen molar-refractivity contribution < 1.29 is 19.1 Å². The second-order valence-corrected chi connectivity index (χ2v) is 7.27. The molecule has 1 heterocycles. The second kappa shape index (κ2) is 7.91. The Morgan fingerprint density at radius 3 is 2.40 bits per heavy atom. The molecule has 0 aliphatic carbocycles. The third-order valence-electron chi connectivity index (χ3n) is 3.71. The number of amides is 1. The molecule has 0 aromatic heterocycles. The molecule has 0 N–H and O–H groups in total. The van der Waals surface area contributed by atoms with Crippen LogP contribution in [-0.2, 0) is 14.3 Å². The van der Waals surface area contributed by atoms with E-state index < -0.39 is 5.60 Å². The summed E-state index contributed by atoms with van der Waals surface area (Å²) in [5.74, 6) is -0.337. The predicted octanol–water partition coefficient (Wildman–Crippen LogP) is 4.30. The van der Waals surface area contributed by atoms with Gasteiger partial charge in [0, 0.05) is 17.1 Å². The van der Waals surface area contributed by atoms with Crippen molar-refractivity contribution in [3.05, 3.63) is 40.4 Å². The Bertz CT molecular complexity index is 674. The van der Waals surface area contributed by atoms with Crippen LogP contribution in [0.3, 0.4) is 0 Å². The molecule has 2 rings (SSSR count). The molecule has 0 unspecified atom stereocenters. The van der Waals surface area contributed by atoms with Crippen LogP contribution in [0.25, 0.3) is 5.57 Å². The molecule has 1 aliphatic rings. The third-order valence-corrected chi connectivity index (χ3v) is 3.96. The highest BCUT2D eigenvalue weighted by atomic mass is 35.5. The van der Waals surface area contributed by atoms with Crippen LogP contribution in [0.2, 0.25) is 5.02 Å². The molecule has 1 aromatic rings. The molecule has 0 bridgehead atoms. The lowest BCUT2D eigenvalue weighted by Crippen LogP contribution is -2.41. The van der Waals surface area contributed by atoms with Gasteiger partial charge in [0.25, 0.3) is 0 Å². The number of esters is 1. The van der Waals surface area contributed by atoms with E-state index in [0.717, 1.165) is 11.1 Å². The van der Waals surface area contributed by atoms with E-state index in [0.29, 0.717) is 36.7 Å². The first-order valence-electron chi connectivity index (χ1n) is 8.34. The molecule has 25 heavy (non-hydrogen) atoms. The first-order valence-corrected chi connectivity index (χ1v) is 8.72. The maximum absolute atomic E-state index is 12.4. The van der Waals surface area contributed by atoms with Crippen LogP contribution in [0.15, 0.2) is 29.8 Å². The average Bonchev–Trinajstić information content (AvgIpc) is 2.53. The van der Waals surface area contributed by atoms with Crippen molar-refractivity contribution in [1.29, 1.82) is 0 Å². The zero-order valence-corrected chi connectivity index (χ0v) is 15.9. The van der Waals surface area contributed by atoms with Gasteiger partial charge in [0.05, 0.1) is 13.2 Å². The van der Waals surface area contributed by atoms with Gasteiger partial charge in [-0.25, -0.2) is 9.59 Å². The monoisotopic (exact) mass is 365 g/mol. The fraction of sp³-hybridized carbons (Fsp3) is 0.474. The van der Waals surface area contributed by atoms with E-state index in [4.69, 9.17) is 21.1 Å². The molecule has 0 radical (unpaired) electrons. The van der Waals surface area contributed by atoms with Gasteiger partial charge in [-0.15, -0.1) is 0 Å². The molecule has 1 aromatic carbocycles. The normalized spacial score (nSPS) is 15.2. The van der Waals surface area contributed by atoms with E-state index >= 15 is 0 Å². The molecule has 6 heteroatoms. The van der Waals surface area contributed by atoms with E-state index in [1.165, 1.54) is 0 Å². The van der Waals surface area contributed by atoms with Crippen LogP contribution in [-0.4, -0.2) is 42.3 Å². The largest absolute Gasteiger partial charge is 0.463 e. The Hall–Kier alpha value is -2.01. The molecule has 136 valence electrons. The Balaban J connectivity index is 2.32. The molecular formula is C19H24ClNO4. The Labute approximate surface area is 153 Å². The van der Waals surface area contributed by atoms with Crippen LogP contribution < -0.4 is 0 Å². The zero-order chi connectivity index (χ0) is 18.6. The standard InChI is InChI=1S/C19H24ClNO4/c1-5-24-17(22)15-10-11-21(18(23)25-19(2,3)4)12-16(15)13-6-8-14(20)9-7-13/h6-9H,5,10-12H2,1-4H3. The number of rotatable bonds is 3. The summed E-state index contributed by atoms with van der Waals surface area (Å²) in [6.07, 6.45) is 0.0395. The fourth-order valence-electron chi connectivity index (χ4n) is 2.61. The summed E-state index contributed by atoms with van der Waals surface area (Å²) in [5, 5.41) is 0.613. The van der Waals surface area contributed by atoms with Gasteiger partial charge < -0.3 is 14.4 Å². The molecule has 0 spiro atoms.